The maximum atomic E-state index is 14.8. The number of benzene rings is 2. The summed E-state index contributed by atoms with van der Waals surface area (Å²) in [6.07, 6.45) is -4.97. The number of nitrogens with zero attached hydrogens (tertiary/aromatic N) is 1. The molecule has 2 heterocycles. The smallest absolute Gasteiger partial charge is 0.288 e. The first-order valence-corrected chi connectivity index (χ1v) is 12.4. The normalized spacial score (nSPS) is 17.2. The van der Waals surface area contributed by atoms with Crippen LogP contribution in [0.25, 0.3) is 22.2 Å². The third kappa shape index (κ3) is 4.71. The Hall–Kier alpha value is -3.01. The molecule has 0 radical (unpaired) electrons. The number of nitrogens with one attached hydrogen (secondary N) is 2. The Morgan fingerprint density at radius 3 is 2.42 bits per heavy atom. The van der Waals surface area contributed by atoms with Crippen molar-refractivity contribution >= 4 is 32.3 Å². The van der Waals surface area contributed by atoms with Crippen LogP contribution in [-0.4, -0.2) is 49.9 Å². The predicted molar refractivity (Wildman–Crippen MR) is 122 cm³/mol. The number of anilines is 1. The zero-order valence-corrected chi connectivity index (χ0v) is 18.7. The number of sulfone groups is 1. The van der Waals surface area contributed by atoms with E-state index in [0.717, 1.165) is 4.57 Å². The third-order valence-corrected chi connectivity index (χ3v) is 7.62. The number of aromatic nitrogens is 1. The van der Waals surface area contributed by atoms with Crippen molar-refractivity contribution in [3.05, 3.63) is 54.1 Å². The maximum absolute atomic E-state index is 14.8. The van der Waals surface area contributed by atoms with Crippen LogP contribution in [0, 0.1) is 0 Å². The van der Waals surface area contributed by atoms with E-state index in [1.807, 2.05) is 0 Å². The molecule has 2 aromatic carbocycles. The second kappa shape index (κ2) is 9.09. The second-order valence-corrected chi connectivity index (χ2v) is 10.4. The highest BCUT2D eigenvalue weighted by atomic mass is 32.2. The third-order valence-electron chi connectivity index (χ3n) is 5.90. The van der Waals surface area contributed by atoms with Gasteiger partial charge in [-0.15, -0.1) is 0 Å². The van der Waals surface area contributed by atoms with Crippen molar-refractivity contribution in [2.24, 2.45) is 0 Å². The lowest BCUT2D eigenvalue weighted by atomic mass is 10.1. The van der Waals surface area contributed by atoms with E-state index >= 15 is 0 Å². The number of hydrogen-bond acceptors (Lipinski definition) is 4. The highest BCUT2D eigenvalue weighted by Crippen LogP contribution is 2.38. The second-order valence-electron chi connectivity index (χ2n) is 8.08. The van der Waals surface area contributed by atoms with Crippen molar-refractivity contribution in [2.75, 3.05) is 23.9 Å². The van der Waals surface area contributed by atoms with Crippen molar-refractivity contribution in [1.29, 1.82) is 0 Å². The van der Waals surface area contributed by atoms with Crippen LogP contribution in [0.4, 0.5) is 18.9 Å². The Morgan fingerprint density at radius 2 is 1.76 bits per heavy atom. The monoisotopic (exact) mass is 479 g/mol. The number of alkyl halides is 3. The molecule has 33 heavy (non-hydrogen) atoms. The van der Waals surface area contributed by atoms with Gasteiger partial charge in [-0.1, -0.05) is 18.2 Å². The van der Waals surface area contributed by atoms with Gasteiger partial charge in [-0.2, -0.15) is 0 Å². The minimum absolute atomic E-state index is 0.0805. The predicted octanol–water partition coefficient (Wildman–Crippen LogP) is 4.39. The van der Waals surface area contributed by atoms with Crippen LogP contribution in [-0.2, 0) is 9.84 Å². The van der Waals surface area contributed by atoms with E-state index < -0.39 is 22.6 Å². The molecule has 0 saturated carbocycles. The van der Waals surface area contributed by atoms with Gasteiger partial charge in [-0.05, 0) is 48.7 Å². The average Bonchev–Trinajstić information content (AvgIpc) is 3.20. The summed E-state index contributed by atoms with van der Waals surface area (Å²) < 4.78 is 66.2. The Bertz CT molecular complexity index is 1280. The average molecular weight is 480 g/mol. The molecule has 1 amide bonds. The van der Waals surface area contributed by atoms with Crippen LogP contribution in [0.15, 0.2) is 48.5 Å². The highest BCUT2D eigenvalue weighted by molar-refractivity contribution is 7.91. The fourth-order valence-corrected chi connectivity index (χ4v) is 5.69. The van der Waals surface area contributed by atoms with Crippen molar-refractivity contribution in [3.63, 3.8) is 0 Å². The molecule has 10 heteroatoms. The van der Waals surface area contributed by atoms with Crippen molar-refractivity contribution in [2.45, 2.75) is 31.6 Å². The summed E-state index contributed by atoms with van der Waals surface area (Å²) >= 11 is 0. The Balaban J connectivity index is 1.81. The quantitative estimate of drug-likeness (QED) is 0.550. The van der Waals surface area contributed by atoms with Crippen LogP contribution in [0.3, 0.4) is 0 Å². The first-order valence-electron chi connectivity index (χ1n) is 10.6. The molecule has 1 aromatic heterocycles. The Kier molecular flexibility index (Phi) is 6.38. The number of carbonyl (C=O) groups excluding carboxylic acids is 1. The van der Waals surface area contributed by atoms with Gasteiger partial charge in [0.05, 0.1) is 22.7 Å². The Morgan fingerprint density at radius 1 is 1.06 bits per heavy atom. The number of amides is 1. The fraction of sp³-hybridized carbons (Fsp3) is 0.348. The fourth-order valence-electron chi connectivity index (χ4n) is 4.20. The molecule has 6 nitrogen and oxygen atoms in total. The Labute approximate surface area is 189 Å². The lowest BCUT2D eigenvalue weighted by Gasteiger charge is -2.24. The molecule has 4 rings (SSSR count). The molecule has 0 bridgehead atoms. The van der Waals surface area contributed by atoms with Crippen molar-refractivity contribution < 1.29 is 26.4 Å². The zero-order valence-electron chi connectivity index (χ0n) is 17.9. The topological polar surface area (TPSA) is 80.2 Å². The number of hydrogen-bond donors (Lipinski definition) is 2. The minimum atomic E-state index is -3.25. The molecule has 1 fully saturated rings. The number of carbonyl (C=O) groups is 1. The summed E-state index contributed by atoms with van der Waals surface area (Å²) in [5, 5.41) is 6.36. The molecule has 3 aromatic rings. The van der Waals surface area contributed by atoms with E-state index in [0.29, 0.717) is 35.0 Å². The molecular formula is C23H24F3N3O3S. The van der Waals surface area contributed by atoms with Crippen LogP contribution in [0.5, 0.6) is 0 Å². The molecule has 176 valence electrons. The van der Waals surface area contributed by atoms with Gasteiger partial charge < -0.3 is 15.2 Å². The highest BCUT2D eigenvalue weighted by Gasteiger charge is 2.28. The molecule has 0 aliphatic carbocycles. The molecule has 1 saturated heterocycles. The minimum Gasteiger partial charge on any atom is -0.382 e. The zero-order chi connectivity index (χ0) is 23.8. The molecule has 1 unspecified atom stereocenters. The molecule has 1 aliphatic heterocycles. The van der Waals surface area contributed by atoms with Gasteiger partial charge in [0.2, 0.25) is 6.30 Å². The van der Waals surface area contributed by atoms with Gasteiger partial charge in [-0.25, -0.2) is 21.6 Å². The number of rotatable bonds is 6. The van der Waals surface area contributed by atoms with Gasteiger partial charge in [0.25, 0.3) is 12.3 Å². The van der Waals surface area contributed by atoms with E-state index in [9.17, 15) is 26.4 Å². The molecule has 1 aliphatic rings. The van der Waals surface area contributed by atoms with Gasteiger partial charge in [0, 0.05) is 29.7 Å². The summed E-state index contributed by atoms with van der Waals surface area (Å²) in [4.78, 5) is 12.1. The summed E-state index contributed by atoms with van der Waals surface area (Å²) in [5.74, 6) is -0.186. The SMILES string of the molecule is CNC(=O)c1cccc(-c2cc3c(NC4CCS(=O)(=O)CC4)cccc3n2C(F)C(F)F)c1. The van der Waals surface area contributed by atoms with Crippen molar-refractivity contribution in [1.82, 2.24) is 9.88 Å². The summed E-state index contributed by atoms with van der Waals surface area (Å²) in [6, 6.07) is 12.8. The van der Waals surface area contributed by atoms with Crippen LogP contribution < -0.4 is 10.6 Å². The lowest BCUT2D eigenvalue weighted by Crippen LogP contribution is -2.32. The van der Waals surface area contributed by atoms with Gasteiger partial charge in [0.1, 0.15) is 9.84 Å². The van der Waals surface area contributed by atoms with Gasteiger partial charge in [-0.3, -0.25) is 4.79 Å². The summed E-state index contributed by atoms with van der Waals surface area (Å²) in [5.41, 5.74) is 1.84. The van der Waals surface area contributed by atoms with Crippen LogP contribution >= 0.6 is 0 Å². The summed E-state index contributed by atoms with van der Waals surface area (Å²) in [7, 11) is -1.55. The van der Waals surface area contributed by atoms with E-state index in [2.05, 4.69) is 10.6 Å². The first kappa shape index (κ1) is 23.2. The van der Waals surface area contributed by atoms with E-state index in [-0.39, 0.29) is 34.7 Å². The largest absolute Gasteiger partial charge is 0.382 e. The first-order chi connectivity index (χ1) is 15.7. The van der Waals surface area contributed by atoms with E-state index in [1.165, 1.54) is 13.1 Å². The van der Waals surface area contributed by atoms with E-state index in [4.69, 9.17) is 0 Å². The maximum Gasteiger partial charge on any atom is 0.288 e. The van der Waals surface area contributed by atoms with Crippen LogP contribution in [0.2, 0.25) is 0 Å². The van der Waals surface area contributed by atoms with E-state index in [1.54, 1.807) is 42.5 Å². The van der Waals surface area contributed by atoms with Crippen molar-refractivity contribution in [3.8, 4) is 11.3 Å². The molecule has 0 spiro atoms. The molecule has 2 N–H and O–H groups in total. The number of fused-ring (bicyclic) bond motifs is 1. The number of halogens is 3. The lowest BCUT2D eigenvalue weighted by molar-refractivity contribution is 0.0115. The van der Waals surface area contributed by atoms with Gasteiger partial charge >= 0.3 is 0 Å². The van der Waals surface area contributed by atoms with Crippen LogP contribution in [0.1, 0.15) is 29.5 Å². The molecular weight excluding hydrogens is 455 g/mol. The standard InChI is InChI=1S/C23H24F3N3O3S/c1-27-23(30)15-5-2-4-14(12-15)20-13-17-18(28-16-8-10-33(31,32)11-9-16)6-3-7-19(17)29(20)22(26)21(24)25/h2-7,12-13,16,21-22,28H,8-11H2,1H3,(H,27,30). The van der Waals surface area contributed by atoms with Gasteiger partial charge in [0.15, 0.2) is 0 Å². The summed E-state index contributed by atoms with van der Waals surface area (Å²) in [6.45, 7) is 0. The molecule has 1 atom stereocenters.